The molecule has 0 saturated carbocycles. The molecule has 0 spiro atoms. The zero-order chi connectivity index (χ0) is 11.0. The van der Waals surface area contributed by atoms with Crippen molar-refractivity contribution in [2.24, 2.45) is 0 Å². The zero-order valence-electron chi connectivity index (χ0n) is 8.84. The maximum absolute atomic E-state index is 5.28. The van der Waals surface area contributed by atoms with E-state index in [-0.39, 0.29) is 0 Å². The van der Waals surface area contributed by atoms with Gasteiger partial charge < -0.3 is 4.74 Å². The Bertz CT molecular complexity index is 525. The molecule has 1 aromatic carbocycles. The minimum atomic E-state index is 0.761. The van der Waals surface area contributed by atoms with Gasteiger partial charge in [0.05, 0.1) is 12.8 Å². The third kappa shape index (κ3) is 1.69. The van der Waals surface area contributed by atoms with Gasteiger partial charge >= 0.3 is 0 Å². The van der Waals surface area contributed by atoms with Crippen molar-refractivity contribution in [2.45, 2.75) is 13.8 Å². The Hall–Kier alpha value is -1.16. The summed E-state index contributed by atoms with van der Waals surface area (Å²) in [5, 5.41) is 1.01. The summed E-state index contributed by atoms with van der Waals surface area (Å²) >= 11 is 3.50. The lowest BCUT2D eigenvalue weighted by molar-refractivity contribution is 0.418. The minimum Gasteiger partial charge on any atom is -0.494 e. The highest BCUT2D eigenvalue weighted by Gasteiger charge is 2.10. The molecule has 4 heteroatoms. The lowest BCUT2D eigenvalue weighted by atomic mass is 10.2. The second kappa shape index (κ2) is 3.77. The van der Waals surface area contributed by atoms with E-state index in [2.05, 4.69) is 25.9 Å². The Kier molecular flexibility index (Phi) is 2.61. The summed E-state index contributed by atoms with van der Waals surface area (Å²) in [6.45, 7) is 3.86. The van der Waals surface area contributed by atoms with Crippen molar-refractivity contribution in [3.63, 3.8) is 0 Å². The molecular weight excluding hydrogens is 256 g/mol. The first-order valence-corrected chi connectivity index (χ1v) is 5.40. The summed E-state index contributed by atoms with van der Waals surface area (Å²) in [5.74, 6) is 1.54. The molecule has 2 aromatic rings. The average molecular weight is 267 g/mol. The number of aryl methyl sites for hydroxylation is 2. The van der Waals surface area contributed by atoms with Gasteiger partial charge in [-0.25, -0.2) is 9.97 Å². The molecule has 0 aliphatic heterocycles. The fourth-order valence-corrected chi connectivity index (χ4v) is 2.26. The first kappa shape index (κ1) is 10.4. The molecule has 0 atom stereocenters. The Balaban J connectivity index is 2.93. The molecule has 1 aromatic heterocycles. The highest BCUT2D eigenvalue weighted by molar-refractivity contribution is 9.10. The fraction of sp³-hybridized carbons (Fsp3) is 0.273. The van der Waals surface area contributed by atoms with E-state index in [1.807, 2.05) is 26.0 Å². The minimum absolute atomic E-state index is 0.761. The van der Waals surface area contributed by atoms with Gasteiger partial charge in [0.2, 0.25) is 0 Å². The van der Waals surface area contributed by atoms with Crippen molar-refractivity contribution in [1.29, 1.82) is 0 Å². The summed E-state index contributed by atoms with van der Waals surface area (Å²) in [6.07, 6.45) is 0. The van der Waals surface area contributed by atoms with Gasteiger partial charge in [0.1, 0.15) is 17.1 Å². The van der Waals surface area contributed by atoms with Crippen molar-refractivity contribution < 1.29 is 4.74 Å². The SMILES string of the molecule is COc1ccc(Br)c2c(C)nc(C)nc12. The monoisotopic (exact) mass is 266 g/mol. The summed E-state index contributed by atoms with van der Waals surface area (Å²) in [5.41, 5.74) is 1.82. The normalized spacial score (nSPS) is 10.7. The fourth-order valence-electron chi connectivity index (χ4n) is 1.65. The van der Waals surface area contributed by atoms with Crippen molar-refractivity contribution in [2.75, 3.05) is 7.11 Å². The molecule has 0 bridgehead atoms. The quantitative estimate of drug-likeness (QED) is 0.796. The Morgan fingerprint density at radius 3 is 2.60 bits per heavy atom. The van der Waals surface area contributed by atoms with Gasteiger partial charge in [0, 0.05) is 9.86 Å². The van der Waals surface area contributed by atoms with Crippen molar-refractivity contribution in [1.82, 2.24) is 9.97 Å². The third-order valence-corrected chi connectivity index (χ3v) is 2.94. The van der Waals surface area contributed by atoms with E-state index < -0.39 is 0 Å². The molecule has 3 nitrogen and oxygen atoms in total. The Labute approximate surface area is 96.6 Å². The molecular formula is C11H11BrN2O. The van der Waals surface area contributed by atoms with E-state index in [0.29, 0.717) is 0 Å². The maximum atomic E-state index is 5.28. The van der Waals surface area contributed by atoms with Crippen LogP contribution in [0, 0.1) is 13.8 Å². The van der Waals surface area contributed by atoms with Crippen molar-refractivity contribution >= 4 is 26.8 Å². The van der Waals surface area contributed by atoms with Crippen molar-refractivity contribution in [3.8, 4) is 5.75 Å². The van der Waals surface area contributed by atoms with Crippen LogP contribution in [-0.4, -0.2) is 17.1 Å². The Morgan fingerprint density at radius 1 is 1.20 bits per heavy atom. The molecule has 78 valence electrons. The molecule has 15 heavy (non-hydrogen) atoms. The van der Waals surface area contributed by atoms with E-state index >= 15 is 0 Å². The number of nitrogens with zero attached hydrogens (tertiary/aromatic N) is 2. The maximum Gasteiger partial charge on any atom is 0.145 e. The molecule has 2 rings (SSSR count). The number of aromatic nitrogens is 2. The third-order valence-electron chi connectivity index (χ3n) is 2.27. The topological polar surface area (TPSA) is 35.0 Å². The van der Waals surface area contributed by atoms with Gasteiger partial charge in [0.25, 0.3) is 0 Å². The standard InChI is InChI=1S/C11H11BrN2O/c1-6-10-8(12)4-5-9(15-3)11(10)14-7(2)13-6/h4-5H,1-3H3. The van der Waals surface area contributed by atoms with Crippen LogP contribution in [0.5, 0.6) is 5.75 Å². The average Bonchev–Trinajstić information content (AvgIpc) is 2.17. The van der Waals surface area contributed by atoms with Crippen LogP contribution in [0.4, 0.5) is 0 Å². The molecule has 0 fully saturated rings. The summed E-state index contributed by atoms with van der Waals surface area (Å²) in [7, 11) is 1.65. The Morgan fingerprint density at radius 2 is 1.93 bits per heavy atom. The van der Waals surface area contributed by atoms with Crippen LogP contribution in [0.2, 0.25) is 0 Å². The zero-order valence-corrected chi connectivity index (χ0v) is 10.4. The number of benzene rings is 1. The van der Waals surface area contributed by atoms with E-state index in [1.165, 1.54) is 0 Å². The molecule has 0 N–H and O–H groups in total. The van der Waals surface area contributed by atoms with Crippen LogP contribution in [0.25, 0.3) is 10.9 Å². The number of methoxy groups -OCH3 is 1. The van der Waals surface area contributed by atoms with Crippen LogP contribution in [0.1, 0.15) is 11.5 Å². The highest BCUT2D eigenvalue weighted by Crippen LogP contribution is 2.31. The number of hydrogen-bond acceptors (Lipinski definition) is 3. The molecule has 0 amide bonds. The summed E-state index contributed by atoms with van der Waals surface area (Å²) < 4.78 is 6.28. The summed E-state index contributed by atoms with van der Waals surface area (Å²) in [4.78, 5) is 8.74. The second-order valence-corrected chi connectivity index (χ2v) is 4.18. The lowest BCUT2D eigenvalue weighted by Gasteiger charge is -2.08. The van der Waals surface area contributed by atoms with E-state index in [1.54, 1.807) is 7.11 Å². The number of ether oxygens (including phenoxy) is 1. The van der Waals surface area contributed by atoms with Crippen LogP contribution in [0.3, 0.4) is 0 Å². The predicted octanol–water partition coefficient (Wildman–Crippen LogP) is 3.02. The molecule has 0 aliphatic rings. The van der Waals surface area contributed by atoms with Gasteiger partial charge in [-0.1, -0.05) is 15.9 Å². The second-order valence-electron chi connectivity index (χ2n) is 3.33. The highest BCUT2D eigenvalue weighted by atomic mass is 79.9. The van der Waals surface area contributed by atoms with Gasteiger partial charge in [0.15, 0.2) is 0 Å². The van der Waals surface area contributed by atoms with Crippen LogP contribution < -0.4 is 4.74 Å². The number of fused-ring (bicyclic) bond motifs is 1. The smallest absolute Gasteiger partial charge is 0.145 e. The van der Waals surface area contributed by atoms with E-state index in [4.69, 9.17) is 4.74 Å². The number of hydrogen-bond donors (Lipinski definition) is 0. The van der Waals surface area contributed by atoms with Gasteiger partial charge in [-0.3, -0.25) is 0 Å². The number of halogens is 1. The van der Waals surface area contributed by atoms with Gasteiger partial charge in [-0.15, -0.1) is 0 Å². The van der Waals surface area contributed by atoms with E-state index in [9.17, 15) is 0 Å². The summed E-state index contributed by atoms with van der Waals surface area (Å²) in [6, 6.07) is 3.85. The van der Waals surface area contributed by atoms with E-state index in [0.717, 1.165) is 32.6 Å². The molecule has 0 radical (unpaired) electrons. The van der Waals surface area contributed by atoms with Crippen molar-refractivity contribution in [3.05, 3.63) is 28.1 Å². The van der Waals surface area contributed by atoms with Gasteiger partial charge in [-0.05, 0) is 26.0 Å². The van der Waals surface area contributed by atoms with Crippen LogP contribution >= 0.6 is 15.9 Å². The molecule has 0 aliphatic carbocycles. The predicted molar refractivity (Wildman–Crippen MR) is 63.3 cm³/mol. The largest absolute Gasteiger partial charge is 0.494 e. The number of rotatable bonds is 1. The molecule has 1 heterocycles. The van der Waals surface area contributed by atoms with Crippen LogP contribution in [-0.2, 0) is 0 Å². The molecule has 0 unspecified atom stereocenters. The first-order chi connectivity index (χ1) is 7.13. The lowest BCUT2D eigenvalue weighted by Crippen LogP contribution is -1.96. The molecule has 0 saturated heterocycles. The van der Waals surface area contributed by atoms with Crippen LogP contribution in [0.15, 0.2) is 16.6 Å². The first-order valence-electron chi connectivity index (χ1n) is 4.61. The van der Waals surface area contributed by atoms with Gasteiger partial charge in [-0.2, -0.15) is 0 Å².